The highest BCUT2D eigenvalue weighted by Crippen LogP contribution is 2.29. The van der Waals surface area contributed by atoms with Crippen LogP contribution in [0, 0.1) is 0 Å². The van der Waals surface area contributed by atoms with Crippen LogP contribution in [0.3, 0.4) is 0 Å². The molecule has 0 saturated heterocycles. The lowest BCUT2D eigenvalue weighted by Gasteiger charge is -2.16. The molecule has 0 spiro atoms. The van der Waals surface area contributed by atoms with Crippen molar-refractivity contribution in [3.8, 4) is 11.5 Å². The zero-order valence-corrected chi connectivity index (χ0v) is 14.4. The summed E-state index contributed by atoms with van der Waals surface area (Å²) in [5.41, 5.74) is 14.4. The number of rotatable bonds is 5. The number of esters is 1. The average molecular weight is 348 g/mol. The predicted octanol–water partition coefficient (Wildman–Crippen LogP) is 3.95. The van der Waals surface area contributed by atoms with Crippen molar-refractivity contribution in [3.63, 3.8) is 0 Å². The van der Waals surface area contributed by atoms with E-state index in [4.69, 9.17) is 20.9 Å². The van der Waals surface area contributed by atoms with E-state index in [1.165, 1.54) is 7.11 Å². The van der Waals surface area contributed by atoms with E-state index in [1.54, 1.807) is 36.4 Å². The van der Waals surface area contributed by atoms with Crippen LogP contribution in [0.25, 0.3) is 0 Å². The Balaban J connectivity index is 1.84. The molecule has 4 N–H and O–H groups in total. The second-order valence-corrected chi connectivity index (χ2v) is 5.86. The van der Waals surface area contributed by atoms with E-state index in [0.717, 1.165) is 11.1 Å². The second kappa shape index (κ2) is 7.61. The summed E-state index contributed by atoms with van der Waals surface area (Å²) < 4.78 is 10.8. The summed E-state index contributed by atoms with van der Waals surface area (Å²) in [6.45, 7) is 0. The van der Waals surface area contributed by atoms with Crippen molar-refractivity contribution >= 4 is 17.3 Å². The number of methoxy groups -OCH3 is 1. The number of anilines is 2. The fraction of sp³-hybridized carbons (Fsp3) is 0.0952. The Morgan fingerprint density at radius 3 is 1.58 bits per heavy atom. The zero-order valence-electron chi connectivity index (χ0n) is 14.4. The normalized spacial score (nSPS) is 11.6. The molecule has 0 aromatic heterocycles. The van der Waals surface area contributed by atoms with E-state index in [-0.39, 0.29) is 5.97 Å². The minimum absolute atomic E-state index is 0.332. The average Bonchev–Trinajstić information content (AvgIpc) is 2.66. The van der Waals surface area contributed by atoms with Gasteiger partial charge in [-0.05, 0) is 59.7 Å². The SMILES string of the molecule is COC(=O)[C@@H](c1ccc(N)cc1)c1ccc(Oc2ccc(N)cc2)cc1. The summed E-state index contributed by atoms with van der Waals surface area (Å²) in [7, 11) is 1.38. The number of hydrogen-bond acceptors (Lipinski definition) is 5. The highest BCUT2D eigenvalue weighted by Gasteiger charge is 2.23. The van der Waals surface area contributed by atoms with E-state index < -0.39 is 5.92 Å². The minimum Gasteiger partial charge on any atom is -0.468 e. The molecule has 0 bridgehead atoms. The molecule has 3 aromatic rings. The van der Waals surface area contributed by atoms with E-state index >= 15 is 0 Å². The maximum atomic E-state index is 12.3. The molecule has 0 aliphatic heterocycles. The maximum absolute atomic E-state index is 12.3. The molecule has 0 aliphatic rings. The predicted molar refractivity (Wildman–Crippen MR) is 102 cm³/mol. The van der Waals surface area contributed by atoms with Gasteiger partial charge in [-0.25, -0.2) is 0 Å². The van der Waals surface area contributed by atoms with Gasteiger partial charge in [0.25, 0.3) is 0 Å². The Hall–Kier alpha value is -3.47. The van der Waals surface area contributed by atoms with Crippen LogP contribution in [-0.2, 0) is 9.53 Å². The number of ether oxygens (including phenoxy) is 2. The highest BCUT2D eigenvalue weighted by atomic mass is 16.5. The van der Waals surface area contributed by atoms with E-state index in [1.807, 2.05) is 36.4 Å². The molecule has 0 radical (unpaired) electrons. The molecule has 5 heteroatoms. The summed E-state index contributed by atoms with van der Waals surface area (Å²) >= 11 is 0. The van der Waals surface area contributed by atoms with Crippen LogP contribution < -0.4 is 16.2 Å². The molecule has 0 heterocycles. The van der Waals surface area contributed by atoms with Crippen LogP contribution >= 0.6 is 0 Å². The van der Waals surface area contributed by atoms with Gasteiger partial charge in [-0.1, -0.05) is 24.3 Å². The molecule has 132 valence electrons. The van der Waals surface area contributed by atoms with Crippen LogP contribution in [0.4, 0.5) is 11.4 Å². The smallest absolute Gasteiger partial charge is 0.317 e. The molecule has 26 heavy (non-hydrogen) atoms. The van der Waals surface area contributed by atoms with Crippen molar-refractivity contribution < 1.29 is 14.3 Å². The van der Waals surface area contributed by atoms with E-state index in [9.17, 15) is 4.79 Å². The van der Waals surface area contributed by atoms with Crippen LogP contribution in [0.5, 0.6) is 11.5 Å². The highest BCUT2D eigenvalue weighted by molar-refractivity contribution is 5.82. The second-order valence-electron chi connectivity index (χ2n) is 5.86. The third-order valence-electron chi connectivity index (χ3n) is 4.04. The van der Waals surface area contributed by atoms with Crippen molar-refractivity contribution in [1.29, 1.82) is 0 Å². The molecular weight excluding hydrogens is 328 g/mol. The van der Waals surface area contributed by atoms with Gasteiger partial charge in [0, 0.05) is 11.4 Å². The summed E-state index contributed by atoms with van der Waals surface area (Å²) in [4.78, 5) is 12.3. The van der Waals surface area contributed by atoms with E-state index in [2.05, 4.69) is 0 Å². The molecule has 0 saturated carbocycles. The number of carbonyl (C=O) groups is 1. The van der Waals surface area contributed by atoms with Crippen molar-refractivity contribution in [2.24, 2.45) is 0 Å². The van der Waals surface area contributed by atoms with Gasteiger partial charge >= 0.3 is 5.97 Å². The third kappa shape index (κ3) is 3.95. The van der Waals surface area contributed by atoms with Gasteiger partial charge in [0.2, 0.25) is 0 Å². The van der Waals surface area contributed by atoms with Crippen molar-refractivity contribution in [2.45, 2.75) is 5.92 Å². The maximum Gasteiger partial charge on any atom is 0.317 e. The Morgan fingerprint density at radius 1 is 0.731 bits per heavy atom. The standard InChI is InChI=1S/C21H20N2O3/c1-25-21(24)20(14-2-6-16(22)7-3-14)15-4-10-18(11-5-15)26-19-12-8-17(23)9-13-19/h2-13,20H,22-23H2,1H3/t20-/m0/s1. The third-order valence-corrected chi connectivity index (χ3v) is 4.04. The molecule has 3 aromatic carbocycles. The van der Waals surface area contributed by atoms with Gasteiger partial charge in [-0.15, -0.1) is 0 Å². The molecule has 5 nitrogen and oxygen atoms in total. The molecule has 0 unspecified atom stereocenters. The number of hydrogen-bond donors (Lipinski definition) is 2. The monoisotopic (exact) mass is 348 g/mol. The summed E-state index contributed by atoms with van der Waals surface area (Å²) in [6, 6.07) is 21.7. The van der Waals surface area contributed by atoms with Gasteiger partial charge in [0.15, 0.2) is 0 Å². The Bertz CT molecular complexity index is 873. The van der Waals surface area contributed by atoms with Gasteiger partial charge < -0.3 is 20.9 Å². The van der Waals surface area contributed by atoms with Crippen molar-refractivity contribution in [1.82, 2.24) is 0 Å². The topological polar surface area (TPSA) is 87.6 Å². The van der Waals surface area contributed by atoms with Gasteiger partial charge in [-0.2, -0.15) is 0 Å². The number of carbonyl (C=O) groups excluding carboxylic acids is 1. The molecule has 1 atom stereocenters. The first-order valence-corrected chi connectivity index (χ1v) is 8.13. The van der Waals surface area contributed by atoms with Crippen molar-refractivity contribution in [3.05, 3.63) is 83.9 Å². The van der Waals surface area contributed by atoms with Gasteiger partial charge in [0.05, 0.1) is 7.11 Å². The Kier molecular flexibility index (Phi) is 5.08. The lowest BCUT2D eigenvalue weighted by molar-refractivity contribution is -0.141. The number of benzene rings is 3. The van der Waals surface area contributed by atoms with Crippen LogP contribution in [-0.4, -0.2) is 13.1 Å². The lowest BCUT2D eigenvalue weighted by atomic mass is 9.91. The first-order chi connectivity index (χ1) is 12.6. The molecule has 0 aliphatic carbocycles. The largest absolute Gasteiger partial charge is 0.468 e. The number of nitrogen functional groups attached to an aromatic ring is 2. The first-order valence-electron chi connectivity index (χ1n) is 8.13. The summed E-state index contributed by atoms with van der Waals surface area (Å²) in [5.74, 6) is 0.502. The summed E-state index contributed by atoms with van der Waals surface area (Å²) in [6.07, 6.45) is 0. The molecule has 0 amide bonds. The lowest BCUT2D eigenvalue weighted by Crippen LogP contribution is -2.15. The molecule has 3 rings (SSSR count). The van der Waals surface area contributed by atoms with Crippen LogP contribution in [0.15, 0.2) is 72.8 Å². The minimum atomic E-state index is -0.522. The van der Waals surface area contributed by atoms with Gasteiger partial charge in [0.1, 0.15) is 17.4 Å². The Morgan fingerprint density at radius 2 is 1.12 bits per heavy atom. The van der Waals surface area contributed by atoms with Gasteiger partial charge in [-0.3, -0.25) is 4.79 Å². The van der Waals surface area contributed by atoms with Crippen molar-refractivity contribution in [2.75, 3.05) is 18.6 Å². The number of nitrogens with two attached hydrogens (primary N) is 2. The molecular formula is C21H20N2O3. The van der Waals surface area contributed by atoms with Crippen LogP contribution in [0.1, 0.15) is 17.0 Å². The van der Waals surface area contributed by atoms with E-state index in [0.29, 0.717) is 22.9 Å². The summed E-state index contributed by atoms with van der Waals surface area (Å²) in [5, 5.41) is 0. The zero-order chi connectivity index (χ0) is 18.5. The Labute approximate surface area is 152 Å². The van der Waals surface area contributed by atoms with Crippen LogP contribution in [0.2, 0.25) is 0 Å². The fourth-order valence-corrected chi connectivity index (χ4v) is 2.67. The quantitative estimate of drug-likeness (QED) is 0.538. The first kappa shape index (κ1) is 17.4. The fourth-order valence-electron chi connectivity index (χ4n) is 2.67. The molecule has 0 fully saturated rings.